The predicted octanol–water partition coefficient (Wildman–Crippen LogP) is 5.49. The average molecular weight is 510 g/mol. The number of carbonyl (C=O) groups excluding carboxylic acids is 2. The maximum atomic E-state index is 15.6. The van der Waals surface area contributed by atoms with E-state index in [0.717, 1.165) is 12.1 Å². The molecule has 13 heteroatoms. The minimum absolute atomic E-state index is 0.0349. The van der Waals surface area contributed by atoms with Crippen LogP contribution in [0.5, 0.6) is 11.5 Å². The number of rotatable bonds is 7. The third-order valence-corrected chi connectivity index (χ3v) is 4.74. The van der Waals surface area contributed by atoms with Crippen LogP contribution in [0.25, 0.3) is 11.1 Å². The van der Waals surface area contributed by atoms with E-state index in [0.29, 0.717) is 6.92 Å². The summed E-state index contributed by atoms with van der Waals surface area (Å²) in [5.74, 6) is -3.01. The van der Waals surface area contributed by atoms with Crippen LogP contribution in [0.3, 0.4) is 0 Å². The standard InChI is InChI=1S/C23H19F5N4O4/c1-12(23(26,27)28)35-22(34)32-16-9-8-14(13-5-4-10-30-17(13)11-31-21(29)33)20(19(16)25)36-18-7-3-2-6-15(18)24/h2-10,12H,11H2,1H3,(H,32,34)(H3,29,31,33)/t12-/m0/s1. The smallest absolute Gasteiger partial charge is 0.425 e. The molecule has 36 heavy (non-hydrogen) atoms. The molecule has 0 spiro atoms. The van der Waals surface area contributed by atoms with Crippen molar-refractivity contribution in [2.24, 2.45) is 5.73 Å². The van der Waals surface area contributed by atoms with Crippen molar-refractivity contribution in [2.75, 3.05) is 5.32 Å². The fourth-order valence-electron chi connectivity index (χ4n) is 2.96. The molecule has 0 radical (unpaired) electrons. The number of nitrogens with zero attached hydrogens (tertiary/aromatic N) is 1. The van der Waals surface area contributed by atoms with E-state index in [1.807, 2.05) is 5.32 Å². The molecular weight excluding hydrogens is 491 g/mol. The molecule has 0 saturated heterocycles. The monoisotopic (exact) mass is 510 g/mol. The summed E-state index contributed by atoms with van der Waals surface area (Å²) in [5.41, 5.74) is 5.05. The van der Waals surface area contributed by atoms with Crippen LogP contribution in [0.2, 0.25) is 0 Å². The van der Waals surface area contributed by atoms with Crippen molar-refractivity contribution in [2.45, 2.75) is 25.7 Å². The lowest BCUT2D eigenvalue weighted by Crippen LogP contribution is -2.32. The van der Waals surface area contributed by atoms with Crippen molar-refractivity contribution in [3.8, 4) is 22.6 Å². The molecule has 190 valence electrons. The predicted molar refractivity (Wildman–Crippen MR) is 118 cm³/mol. The Hall–Kier alpha value is -4.42. The van der Waals surface area contributed by atoms with Gasteiger partial charge in [-0.2, -0.15) is 13.2 Å². The highest BCUT2D eigenvalue weighted by Crippen LogP contribution is 2.40. The van der Waals surface area contributed by atoms with Gasteiger partial charge in [-0.15, -0.1) is 0 Å². The van der Waals surface area contributed by atoms with E-state index in [1.54, 1.807) is 0 Å². The fraction of sp³-hybridized carbons (Fsp3) is 0.174. The van der Waals surface area contributed by atoms with Crippen LogP contribution >= 0.6 is 0 Å². The van der Waals surface area contributed by atoms with E-state index >= 15 is 4.39 Å². The van der Waals surface area contributed by atoms with Gasteiger partial charge < -0.3 is 20.5 Å². The highest BCUT2D eigenvalue weighted by Gasteiger charge is 2.39. The number of primary amides is 1. The van der Waals surface area contributed by atoms with Crippen LogP contribution < -0.4 is 21.1 Å². The van der Waals surface area contributed by atoms with Crippen LogP contribution in [0.15, 0.2) is 54.7 Å². The maximum absolute atomic E-state index is 15.6. The number of alkyl halides is 3. The van der Waals surface area contributed by atoms with Crippen LogP contribution in [0.4, 0.5) is 37.2 Å². The summed E-state index contributed by atoms with van der Waals surface area (Å²) in [7, 11) is 0. The molecule has 4 N–H and O–H groups in total. The Morgan fingerprint density at radius 1 is 1.06 bits per heavy atom. The van der Waals surface area contributed by atoms with Gasteiger partial charge in [0.25, 0.3) is 0 Å². The molecule has 3 aromatic rings. The summed E-state index contributed by atoms with van der Waals surface area (Å²) < 4.78 is 77.6. The Morgan fingerprint density at radius 2 is 1.78 bits per heavy atom. The van der Waals surface area contributed by atoms with Crippen molar-refractivity contribution < 1.29 is 41.0 Å². The number of benzene rings is 2. The highest BCUT2D eigenvalue weighted by molar-refractivity contribution is 5.87. The largest absolute Gasteiger partial charge is 0.450 e. The minimum Gasteiger partial charge on any atom is -0.450 e. The Morgan fingerprint density at radius 3 is 2.44 bits per heavy atom. The number of hydrogen-bond acceptors (Lipinski definition) is 5. The molecule has 0 unspecified atom stereocenters. The summed E-state index contributed by atoms with van der Waals surface area (Å²) in [6.07, 6.45) is -7.45. The Bertz CT molecular complexity index is 1270. The van der Waals surface area contributed by atoms with E-state index in [2.05, 4.69) is 15.0 Å². The normalized spacial score (nSPS) is 11.9. The van der Waals surface area contributed by atoms with Gasteiger partial charge in [-0.3, -0.25) is 10.3 Å². The van der Waals surface area contributed by atoms with Gasteiger partial charge in [0.2, 0.25) is 0 Å². The fourth-order valence-corrected chi connectivity index (χ4v) is 2.96. The molecule has 0 aliphatic carbocycles. The molecular formula is C23H19F5N4O4. The van der Waals surface area contributed by atoms with Crippen LogP contribution in [-0.4, -0.2) is 29.4 Å². The first-order valence-electron chi connectivity index (χ1n) is 10.2. The molecule has 0 saturated carbocycles. The van der Waals surface area contributed by atoms with E-state index in [-0.39, 0.29) is 29.1 Å². The zero-order valence-electron chi connectivity index (χ0n) is 18.5. The zero-order valence-corrected chi connectivity index (χ0v) is 18.5. The number of carbonyl (C=O) groups is 2. The van der Waals surface area contributed by atoms with Crippen molar-refractivity contribution in [3.63, 3.8) is 0 Å². The summed E-state index contributed by atoms with van der Waals surface area (Å²) in [6, 6.07) is 9.60. The van der Waals surface area contributed by atoms with Gasteiger partial charge in [-0.05, 0) is 37.3 Å². The number of hydrogen-bond donors (Lipinski definition) is 3. The van der Waals surface area contributed by atoms with Crippen LogP contribution in [0, 0.1) is 11.6 Å². The van der Waals surface area contributed by atoms with Gasteiger partial charge >= 0.3 is 18.3 Å². The molecule has 2 aromatic carbocycles. The lowest BCUT2D eigenvalue weighted by molar-refractivity contribution is -0.196. The minimum atomic E-state index is -4.82. The molecule has 3 rings (SSSR count). The number of anilines is 1. The SMILES string of the molecule is C[C@H](OC(=O)Nc1ccc(-c2cccnc2CNC(N)=O)c(Oc2ccccc2F)c1F)C(F)(F)F. The number of nitrogens with two attached hydrogens (primary N) is 1. The van der Waals surface area contributed by atoms with Crippen LogP contribution in [-0.2, 0) is 11.3 Å². The van der Waals surface area contributed by atoms with Gasteiger partial charge in [0.15, 0.2) is 29.2 Å². The molecule has 0 bridgehead atoms. The molecule has 1 heterocycles. The number of halogens is 5. The second-order valence-corrected chi connectivity index (χ2v) is 7.27. The Kier molecular flexibility index (Phi) is 7.92. The quantitative estimate of drug-likeness (QED) is 0.364. The van der Waals surface area contributed by atoms with Gasteiger partial charge in [0.05, 0.1) is 17.9 Å². The van der Waals surface area contributed by atoms with Gasteiger partial charge in [0.1, 0.15) is 0 Å². The Labute approximate surface area is 201 Å². The summed E-state index contributed by atoms with van der Waals surface area (Å²) >= 11 is 0. The first-order valence-corrected chi connectivity index (χ1v) is 10.2. The van der Waals surface area contributed by atoms with E-state index in [9.17, 15) is 27.2 Å². The molecule has 1 aromatic heterocycles. The number of aromatic nitrogens is 1. The number of nitrogens with one attached hydrogen (secondary N) is 2. The third kappa shape index (κ3) is 6.37. The van der Waals surface area contributed by atoms with Gasteiger partial charge in [-0.25, -0.2) is 18.4 Å². The lowest BCUT2D eigenvalue weighted by atomic mass is 10.0. The summed E-state index contributed by atoms with van der Waals surface area (Å²) in [4.78, 5) is 27.2. The number of urea groups is 1. The van der Waals surface area contributed by atoms with Crippen molar-refractivity contribution in [3.05, 3.63) is 72.1 Å². The van der Waals surface area contributed by atoms with E-state index in [4.69, 9.17) is 10.5 Å². The van der Waals surface area contributed by atoms with Gasteiger partial charge in [0, 0.05) is 17.3 Å². The van der Waals surface area contributed by atoms with E-state index < -0.39 is 47.5 Å². The van der Waals surface area contributed by atoms with Crippen molar-refractivity contribution >= 4 is 17.8 Å². The average Bonchev–Trinajstić information content (AvgIpc) is 2.81. The molecule has 0 fully saturated rings. The second-order valence-electron chi connectivity index (χ2n) is 7.27. The van der Waals surface area contributed by atoms with E-state index in [1.165, 1.54) is 42.6 Å². The lowest BCUT2D eigenvalue weighted by Gasteiger charge is -2.19. The number of para-hydroxylation sites is 1. The molecule has 8 nitrogen and oxygen atoms in total. The third-order valence-electron chi connectivity index (χ3n) is 4.74. The zero-order chi connectivity index (χ0) is 26.5. The maximum Gasteiger partial charge on any atom is 0.425 e. The van der Waals surface area contributed by atoms with Crippen molar-refractivity contribution in [1.29, 1.82) is 0 Å². The second kappa shape index (κ2) is 10.9. The Balaban J connectivity index is 2.05. The van der Waals surface area contributed by atoms with Crippen LogP contribution in [0.1, 0.15) is 12.6 Å². The molecule has 1 atom stereocenters. The number of ether oxygens (including phenoxy) is 2. The summed E-state index contributed by atoms with van der Waals surface area (Å²) in [5, 5.41) is 4.24. The first kappa shape index (κ1) is 26.2. The summed E-state index contributed by atoms with van der Waals surface area (Å²) in [6.45, 7) is 0.462. The number of amides is 3. The van der Waals surface area contributed by atoms with Gasteiger partial charge in [-0.1, -0.05) is 18.2 Å². The topological polar surface area (TPSA) is 116 Å². The number of pyridine rings is 1. The van der Waals surface area contributed by atoms with Crippen molar-refractivity contribution in [1.82, 2.24) is 10.3 Å². The molecule has 0 aliphatic rings. The highest BCUT2D eigenvalue weighted by atomic mass is 19.4. The molecule has 0 aliphatic heterocycles. The first-order chi connectivity index (χ1) is 17.0. The molecule has 3 amide bonds.